The van der Waals surface area contributed by atoms with Crippen LogP contribution in [0.3, 0.4) is 0 Å². The van der Waals surface area contributed by atoms with Crippen molar-refractivity contribution in [2.45, 2.75) is 80.5 Å². The number of carbonyl (C=O) groups is 7. The maximum absolute atomic E-state index is 13.2. The van der Waals surface area contributed by atoms with Crippen LogP contribution < -0.4 is 18.9 Å². The summed E-state index contributed by atoms with van der Waals surface area (Å²) >= 11 is 5.98. The Morgan fingerprint density at radius 1 is 0.522 bits per heavy atom. The fraction of sp³-hybridized carbons (Fsp3) is 0.236. The van der Waals surface area contributed by atoms with E-state index in [2.05, 4.69) is 5.41 Å². The van der Waals surface area contributed by atoms with Crippen molar-refractivity contribution in [2.75, 3.05) is 13.2 Å². The van der Waals surface area contributed by atoms with Crippen molar-refractivity contribution >= 4 is 87.5 Å². The molecule has 16 nitrogen and oxygen atoms in total. The number of thioether (sulfide) groups is 2. The summed E-state index contributed by atoms with van der Waals surface area (Å²) in [6, 6.07) is 43.7. The molecule has 8 aliphatic rings. The number of rotatable bonds is 15. The first-order valence-corrected chi connectivity index (χ1v) is 33.6. The molecule has 1 N–H and O–H groups in total. The number of carboxylic acid groups (broad SMARTS) is 1. The molecule has 2 spiro atoms. The highest BCUT2D eigenvalue weighted by atomic mass is 32.2. The topological polar surface area (TPSA) is 202 Å². The minimum Gasteiger partial charge on any atom is -0.489 e. The molecule has 10 heterocycles. The van der Waals surface area contributed by atoms with Gasteiger partial charge in [-0.2, -0.15) is 0 Å². The van der Waals surface area contributed by atoms with Gasteiger partial charge in [0.2, 0.25) is 11.8 Å². The van der Waals surface area contributed by atoms with Gasteiger partial charge in [-0.15, -0.1) is 46.2 Å². The van der Waals surface area contributed by atoms with Crippen LogP contribution in [-0.4, -0.2) is 92.2 Å². The summed E-state index contributed by atoms with van der Waals surface area (Å²) in [4.78, 5) is 95.4. The van der Waals surface area contributed by atoms with Crippen LogP contribution in [0.15, 0.2) is 178 Å². The van der Waals surface area contributed by atoms with Gasteiger partial charge in [0.1, 0.15) is 59.3 Å². The number of amides is 2. The first kappa shape index (κ1) is 59.1. The Morgan fingerprint density at radius 2 is 0.957 bits per heavy atom. The molecule has 0 saturated carbocycles. The quantitative estimate of drug-likeness (QED) is 0.0749. The smallest absolute Gasteiger partial charge is 0.340 e. The Kier molecular flexibility index (Phi) is 14.9. The molecule has 2 amide bonds. The highest BCUT2D eigenvalue weighted by Crippen LogP contribution is 2.59. The van der Waals surface area contributed by atoms with Crippen molar-refractivity contribution in [3.05, 3.63) is 244 Å². The van der Waals surface area contributed by atoms with Crippen molar-refractivity contribution in [2.24, 2.45) is 11.8 Å². The van der Waals surface area contributed by atoms with E-state index in [1.165, 1.54) is 28.0 Å². The molecular formula is C72H56N2O14S4. The van der Waals surface area contributed by atoms with Gasteiger partial charge in [-0.3, -0.25) is 19.2 Å². The van der Waals surface area contributed by atoms with Gasteiger partial charge in [-0.1, -0.05) is 72.8 Å². The van der Waals surface area contributed by atoms with Crippen molar-refractivity contribution in [3.8, 4) is 34.5 Å². The second kappa shape index (κ2) is 23.2. The summed E-state index contributed by atoms with van der Waals surface area (Å²) in [5.41, 5.74) is 6.52. The predicted octanol–water partition coefficient (Wildman–Crippen LogP) is 13.1. The average Bonchev–Trinajstić information content (AvgIpc) is 1.28. The Hall–Kier alpha value is -9.21. The number of carboxylic acids is 1. The van der Waals surface area contributed by atoms with Gasteiger partial charge in [0.05, 0.1) is 39.8 Å². The van der Waals surface area contributed by atoms with Crippen molar-refractivity contribution in [1.82, 2.24) is 9.80 Å². The van der Waals surface area contributed by atoms with Crippen molar-refractivity contribution in [1.29, 1.82) is 0 Å². The van der Waals surface area contributed by atoms with Gasteiger partial charge in [-0.05, 0) is 120 Å². The van der Waals surface area contributed by atoms with Gasteiger partial charge < -0.3 is 43.3 Å². The maximum Gasteiger partial charge on any atom is 0.340 e. The van der Waals surface area contributed by atoms with Crippen LogP contribution in [0.4, 0.5) is 0 Å². The zero-order valence-electron chi connectivity index (χ0n) is 49.7. The molecule has 0 radical (unpaired) electrons. The van der Waals surface area contributed by atoms with Crippen LogP contribution in [-0.2, 0) is 57.5 Å². The molecule has 8 aromatic rings. The third-order valence-electron chi connectivity index (χ3n) is 18.2. The highest BCUT2D eigenvalue weighted by molar-refractivity contribution is 8.03. The molecule has 20 heteroatoms. The molecule has 0 bridgehead atoms. The molecule has 8 atom stereocenters. The number of aryl methyl sites for hydroxylation is 2. The summed E-state index contributed by atoms with van der Waals surface area (Å²) in [6.45, 7) is 6.17. The average molecular weight is 1300 g/mol. The molecule has 0 aliphatic carbocycles. The van der Waals surface area contributed by atoms with E-state index in [9.17, 15) is 38.7 Å². The van der Waals surface area contributed by atoms with E-state index >= 15 is 0 Å². The summed E-state index contributed by atoms with van der Waals surface area (Å²) < 4.78 is 37.6. The van der Waals surface area contributed by atoms with Crippen LogP contribution in [0.1, 0.15) is 94.7 Å². The minimum absolute atomic E-state index is 0.0259. The van der Waals surface area contributed by atoms with E-state index in [4.69, 9.17) is 28.4 Å². The van der Waals surface area contributed by atoms with E-state index in [1.807, 2.05) is 146 Å². The number of nitrogens with zero attached hydrogens (tertiary/aromatic N) is 2. The number of thiophene rings is 2. The number of benzene rings is 6. The monoisotopic (exact) mass is 1300 g/mol. The molecule has 8 aliphatic heterocycles. The Balaban J connectivity index is 0.000000153. The molecule has 2 aromatic heterocycles. The predicted molar refractivity (Wildman–Crippen MR) is 346 cm³/mol. The number of fused-ring (bicyclic) bond motifs is 14. The molecule has 462 valence electrons. The lowest BCUT2D eigenvalue weighted by Gasteiger charge is -2.52. The largest absolute Gasteiger partial charge is 0.489 e. The number of hydrogen-bond acceptors (Lipinski definition) is 17. The molecule has 92 heavy (non-hydrogen) atoms. The van der Waals surface area contributed by atoms with Crippen LogP contribution in [0, 0.1) is 25.7 Å². The number of ketones is 2. The van der Waals surface area contributed by atoms with E-state index in [0.717, 1.165) is 54.3 Å². The van der Waals surface area contributed by atoms with Crippen LogP contribution in [0.2, 0.25) is 0 Å². The minimum atomic E-state index is -1.20. The number of hydrogen-bond donors (Lipinski definition) is 1. The fourth-order valence-corrected chi connectivity index (χ4v) is 17.9. The summed E-state index contributed by atoms with van der Waals surface area (Å²) in [5, 5.41) is 17.4. The first-order valence-electron chi connectivity index (χ1n) is 30.0. The molecule has 8 unspecified atom stereocenters. The lowest BCUT2D eigenvalue weighted by molar-refractivity contribution is -0.163. The second-order valence-electron chi connectivity index (χ2n) is 23.9. The van der Waals surface area contributed by atoms with E-state index in [0.29, 0.717) is 69.8 Å². The van der Waals surface area contributed by atoms with Gasteiger partial charge in [0.25, 0.3) is 0 Å². The lowest BCUT2D eigenvalue weighted by Crippen LogP contribution is -2.66. The summed E-state index contributed by atoms with van der Waals surface area (Å²) in [5.74, 6) is 0.171. The van der Waals surface area contributed by atoms with Crippen molar-refractivity contribution < 1.29 is 67.1 Å². The lowest BCUT2D eigenvalue weighted by atomic mass is 9.77. The van der Waals surface area contributed by atoms with Gasteiger partial charge >= 0.3 is 17.9 Å². The summed E-state index contributed by atoms with van der Waals surface area (Å²) in [6.07, 6.45) is 1.00. The Bertz CT molecular complexity index is 4500. The Morgan fingerprint density at radius 3 is 1.43 bits per heavy atom. The fourth-order valence-electron chi connectivity index (χ4n) is 13.8. The van der Waals surface area contributed by atoms with Gasteiger partial charge in [0.15, 0.2) is 17.2 Å². The van der Waals surface area contributed by atoms with E-state index in [1.54, 1.807) is 64.9 Å². The second-order valence-corrected chi connectivity index (χ2v) is 27.9. The van der Waals surface area contributed by atoms with Crippen LogP contribution >= 0.6 is 46.2 Å². The molecule has 16 rings (SSSR count). The molecular weight excluding hydrogens is 1250 g/mol. The van der Waals surface area contributed by atoms with Gasteiger partial charge in [0, 0.05) is 86.5 Å². The number of carbonyl (C=O) groups excluding carboxylic acids is 6. The number of ether oxygens (including phenoxy) is 6. The van der Waals surface area contributed by atoms with E-state index in [-0.39, 0.29) is 72.6 Å². The molecule has 2 saturated heterocycles. The van der Waals surface area contributed by atoms with Crippen LogP contribution in [0.5, 0.6) is 34.5 Å². The highest BCUT2D eigenvalue weighted by Gasteiger charge is 2.58. The summed E-state index contributed by atoms with van der Waals surface area (Å²) in [7, 11) is 0. The zero-order valence-corrected chi connectivity index (χ0v) is 52.9. The van der Waals surface area contributed by atoms with Crippen LogP contribution in [0.25, 0.3) is 0 Å². The van der Waals surface area contributed by atoms with E-state index < -0.39 is 40.5 Å². The maximum atomic E-state index is 13.2. The first-order chi connectivity index (χ1) is 44.6. The third kappa shape index (κ3) is 9.83. The number of aliphatic carboxylic acids is 1. The Labute approximate surface area is 544 Å². The molecule has 6 aromatic carbocycles. The van der Waals surface area contributed by atoms with Gasteiger partial charge in [-0.25, -0.2) is 14.4 Å². The normalized spacial score (nSPS) is 23.7. The van der Waals surface area contributed by atoms with Crippen molar-refractivity contribution in [3.63, 3.8) is 0 Å². The third-order valence-corrected chi connectivity index (χ3v) is 22.5. The number of Topliss-reactive ketones (excluding diaryl/α,β-unsaturated/α-hetero) is 2. The molecule has 2 fully saturated rings. The number of β-lactam (4-membered cyclic amide) rings is 2. The SMILES string of the molecule is Cc1ccc2c(c1)Oc1cc(OCC3=CSC4C(CC(=O)Cc5cccs5)C(=O)N4C3C(=O)O)ccc1C21OC(=O)c2ccccc21.Cc1ccc2c(c1)Oc1cc(OCC3=CSC4C(CC(=O)Cc5cccs5)C(=O)N4C3C)ccc1C21OC(=O)c2ccccc21. The zero-order chi connectivity index (χ0) is 63.3. The number of esters is 2. The standard InChI is InChI=1S/C36H27NO8S2.C36H29NO6S2/c1-19-8-10-27-29(13-19)44-30-16-22(9-11-28(30)36(27)26-7-3-2-6-24(26)35(42)45-36)43-17-20-18-47-33-25(32(39)37(33)31(20)34(40)41)15-21(38)14-23-5-4-12-46-23;1-20-9-11-29-31(14-20)42-32-17-24(10-12-30(32)36(29)28-8-4-3-7-26(28)35(40)43-36)41-18-22-19-45-34-27(33(39)37(34)21(22)2)16-23(38)15-25-6-5-13-44-25/h2-13,16,18,25,31,33H,14-15,17H2,1H3,(H,40,41);3-14,17,19,21,27,34H,15-16,18H2,1-2H3.